The Hall–Kier alpha value is -0.790. The van der Waals surface area contributed by atoms with Crippen molar-refractivity contribution >= 4 is 5.91 Å². The zero-order chi connectivity index (χ0) is 9.19. The molecule has 0 saturated heterocycles. The van der Waals surface area contributed by atoms with Gasteiger partial charge in [-0.05, 0) is 20.3 Å². The van der Waals surface area contributed by atoms with Crippen molar-refractivity contribution in [2.45, 2.75) is 39.2 Å². The SMILES string of the molecule is CCCC(C)(C)N1CC=CC1=O. The molecule has 2 nitrogen and oxygen atoms in total. The van der Waals surface area contributed by atoms with Gasteiger partial charge in [-0.2, -0.15) is 0 Å². The molecule has 0 spiro atoms. The standard InChI is InChI=1S/C10H17NO/c1-4-7-10(2,3)11-8-5-6-9(11)12/h5-6H,4,7-8H2,1-3H3. The Morgan fingerprint density at radius 1 is 1.58 bits per heavy atom. The maximum atomic E-state index is 11.3. The average molecular weight is 167 g/mol. The third-order valence-electron chi connectivity index (χ3n) is 2.41. The number of carbonyl (C=O) groups is 1. The van der Waals surface area contributed by atoms with E-state index in [0.717, 1.165) is 19.4 Å². The first-order valence-electron chi connectivity index (χ1n) is 4.56. The maximum absolute atomic E-state index is 11.3. The van der Waals surface area contributed by atoms with Crippen LogP contribution in [0.1, 0.15) is 33.6 Å². The van der Waals surface area contributed by atoms with E-state index in [2.05, 4.69) is 20.8 Å². The molecule has 0 unspecified atom stereocenters. The molecule has 0 bridgehead atoms. The third-order valence-corrected chi connectivity index (χ3v) is 2.41. The Morgan fingerprint density at radius 2 is 2.25 bits per heavy atom. The van der Waals surface area contributed by atoms with Gasteiger partial charge in [0.1, 0.15) is 0 Å². The number of nitrogens with zero attached hydrogens (tertiary/aromatic N) is 1. The van der Waals surface area contributed by atoms with Crippen molar-refractivity contribution in [1.29, 1.82) is 0 Å². The van der Waals surface area contributed by atoms with Crippen LogP contribution in [0.3, 0.4) is 0 Å². The lowest BCUT2D eigenvalue weighted by atomic mass is 9.97. The van der Waals surface area contributed by atoms with E-state index in [1.165, 1.54) is 0 Å². The minimum absolute atomic E-state index is 0.0231. The van der Waals surface area contributed by atoms with Crippen LogP contribution in [-0.2, 0) is 4.79 Å². The Bertz CT molecular complexity index is 206. The normalized spacial score (nSPS) is 17.6. The highest BCUT2D eigenvalue weighted by atomic mass is 16.2. The molecule has 0 aromatic heterocycles. The van der Waals surface area contributed by atoms with Crippen LogP contribution < -0.4 is 0 Å². The second kappa shape index (κ2) is 3.30. The average Bonchev–Trinajstić information content (AvgIpc) is 2.35. The third kappa shape index (κ3) is 1.68. The fraction of sp³-hybridized carbons (Fsp3) is 0.700. The second-order valence-corrected chi connectivity index (χ2v) is 3.91. The summed E-state index contributed by atoms with van der Waals surface area (Å²) in [5.74, 6) is 0.161. The molecule has 0 aliphatic carbocycles. The van der Waals surface area contributed by atoms with Crippen LogP contribution in [-0.4, -0.2) is 22.9 Å². The predicted molar refractivity (Wildman–Crippen MR) is 49.8 cm³/mol. The van der Waals surface area contributed by atoms with Gasteiger partial charge in [0.05, 0.1) is 0 Å². The molecular formula is C10H17NO. The monoisotopic (exact) mass is 167 g/mol. The molecular weight excluding hydrogens is 150 g/mol. The summed E-state index contributed by atoms with van der Waals surface area (Å²) in [6.07, 6.45) is 5.79. The Labute approximate surface area is 74.2 Å². The number of amides is 1. The Balaban J connectivity index is 2.62. The van der Waals surface area contributed by atoms with Crippen LogP contribution in [0, 0.1) is 0 Å². The van der Waals surface area contributed by atoms with Crippen molar-refractivity contribution in [2.24, 2.45) is 0 Å². The van der Waals surface area contributed by atoms with E-state index in [0.29, 0.717) is 0 Å². The fourth-order valence-corrected chi connectivity index (χ4v) is 1.73. The highest BCUT2D eigenvalue weighted by Crippen LogP contribution is 2.23. The van der Waals surface area contributed by atoms with Gasteiger partial charge in [-0.3, -0.25) is 4.79 Å². The summed E-state index contributed by atoms with van der Waals surface area (Å²) in [4.78, 5) is 13.3. The van der Waals surface area contributed by atoms with Gasteiger partial charge in [0.25, 0.3) is 0 Å². The van der Waals surface area contributed by atoms with Gasteiger partial charge in [0.2, 0.25) is 5.91 Å². The molecule has 0 saturated carbocycles. The molecule has 1 aliphatic heterocycles. The highest BCUT2D eigenvalue weighted by Gasteiger charge is 2.30. The van der Waals surface area contributed by atoms with Crippen LogP contribution in [0.2, 0.25) is 0 Å². The van der Waals surface area contributed by atoms with Gasteiger partial charge < -0.3 is 4.90 Å². The molecule has 1 aliphatic rings. The lowest BCUT2D eigenvalue weighted by Crippen LogP contribution is -2.44. The van der Waals surface area contributed by atoms with Gasteiger partial charge in [-0.1, -0.05) is 19.4 Å². The molecule has 68 valence electrons. The van der Waals surface area contributed by atoms with E-state index in [-0.39, 0.29) is 11.4 Å². The van der Waals surface area contributed by atoms with Crippen LogP contribution in [0.15, 0.2) is 12.2 Å². The summed E-state index contributed by atoms with van der Waals surface area (Å²) in [6.45, 7) is 7.18. The molecule has 1 rings (SSSR count). The number of hydrogen-bond acceptors (Lipinski definition) is 1. The first-order valence-corrected chi connectivity index (χ1v) is 4.56. The first-order chi connectivity index (χ1) is 5.58. The molecule has 0 aromatic rings. The Morgan fingerprint density at radius 3 is 2.67 bits per heavy atom. The lowest BCUT2D eigenvalue weighted by molar-refractivity contribution is -0.129. The molecule has 0 atom stereocenters. The highest BCUT2D eigenvalue weighted by molar-refractivity contribution is 5.90. The minimum Gasteiger partial charge on any atom is -0.330 e. The quantitative estimate of drug-likeness (QED) is 0.629. The fourth-order valence-electron chi connectivity index (χ4n) is 1.73. The topological polar surface area (TPSA) is 20.3 Å². The minimum atomic E-state index is 0.0231. The molecule has 2 heteroatoms. The molecule has 0 radical (unpaired) electrons. The first kappa shape index (κ1) is 9.30. The van der Waals surface area contributed by atoms with Crippen LogP contribution in [0.25, 0.3) is 0 Å². The zero-order valence-corrected chi connectivity index (χ0v) is 8.13. The van der Waals surface area contributed by atoms with Gasteiger partial charge in [-0.15, -0.1) is 0 Å². The van der Waals surface area contributed by atoms with Crippen molar-refractivity contribution in [3.63, 3.8) is 0 Å². The van der Waals surface area contributed by atoms with Crippen molar-refractivity contribution in [2.75, 3.05) is 6.54 Å². The van der Waals surface area contributed by atoms with E-state index >= 15 is 0 Å². The van der Waals surface area contributed by atoms with Crippen LogP contribution in [0.4, 0.5) is 0 Å². The lowest BCUT2D eigenvalue weighted by Gasteiger charge is -2.35. The van der Waals surface area contributed by atoms with Gasteiger partial charge >= 0.3 is 0 Å². The van der Waals surface area contributed by atoms with Gasteiger partial charge in [0, 0.05) is 18.2 Å². The van der Waals surface area contributed by atoms with Crippen LogP contribution >= 0.6 is 0 Å². The molecule has 0 N–H and O–H groups in total. The van der Waals surface area contributed by atoms with E-state index in [9.17, 15) is 4.79 Å². The number of rotatable bonds is 3. The molecule has 0 fully saturated rings. The predicted octanol–water partition coefficient (Wildman–Crippen LogP) is 1.96. The second-order valence-electron chi connectivity index (χ2n) is 3.91. The molecule has 0 aromatic carbocycles. The van der Waals surface area contributed by atoms with Gasteiger partial charge in [-0.25, -0.2) is 0 Å². The zero-order valence-electron chi connectivity index (χ0n) is 8.13. The van der Waals surface area contributed by atoms with E-state index in [4.69, 9.17) is 0 Å². The molecule has 1 amide bonds. The van der Waals surface area contributed by atoms with E-state index in [1.54, 1.807) is 6.08 Å². The van der Waals surface area contributed by atoms with Crippen LogP contribution in [0.5, 0.6) is 0 Å². The number of hydrogen-bond donors (Lipinski definition) is 0. The summed E-state index contributed by atoms with van der Waals surface area (Å²) >= 11 is 0. The summed E-state index contributed by atoms with van der Waals surface area (Å²) < 4.78 is 0. The van der Waals surface area contributed by atoms with Crippen molar-refractivity contribution in [3.8, 4) is 0 Å². The maximum Gasteiger partial charge on any atom is 0.247 e. The van der Waals surface area contributed by atoms with E-state index in [1.807, 2.05) is 11.0 Å². The smallest absolute Gasteiger partial charge is 0.247 e. The summed E-state index contributed by atoms with van der Waals surface area (Å²) in [6, 6.07) is 0. The van der Waals surface area contributed by atoms with Crippen molar-refractivity contribution < 1.29 is 4.79 Å². The van der Waals surface area contributed by atoms with Crippen molar-refractivity contribution in [1.82, 2.24) is 4.90 Å². The summed E-state index contributed by atoms with van der Waals surface area (Å²) in [5, 5.41) is 0. The van der Waals surface area contributed by atoms with E-state index < -0.39 is 0 Å². The number of carbonyl (C=O) groups excluding carboxylic acids is 1. The van der Waals surface area contributed by atoms with Crippen molar-refractivity contribution in [3.05, 3.63) is 12.2 Å². The summed E-state index contributed by atoms with van der Waals surface area (Å²) in [5.41, 5.74) is 0.0231. The summed E-state index contributed by atoms with van der Waals surface area (Å²) in [7, 11) is 0. The van der Waals surface area contributed by atoms with Gasteiger partial charge in [0.15, 0.2) is 0 Å². The largest absolute Gasteiger partial charge is 0.330 e. The Kier molecular flexibility index (Phi) is 2.55. The molecule has 1 heterocycles. The molecule has 12 heavy (non-hydrogen) atoms.